The summed E-state index contributed by atoms with van der Waals surface area (Å²) in [6.45, 7) is 5.55. The molecular formula is C18H21N5O4S. The van der Waals surface area contributed by atoms with Crippen LogP contribution in [0.15, 0.2) is 24.3 Å². The monoisotopic (exact) mass is 403 g/mol. The Morgan fingerprint density at radius 2 is 1.96 bits per heavy atom. The minimum Gasteiger partial charge on any atom is -0.450 e. The summed E-state index contributed by atoms with van der Waals surface area (Å²) in [4.78, 5) is 11.9. The number of anilines is 1. The molecule has 3 aromatic rings. The quantitative estimate of drug-likeness (QED) is 0.696. The van der Waals surface area contributed by atoms with E-state index in [2.05, 4.69) is 20.6 Å². The largest absolute Gasteiger partial charge is 0.450 e. The summed E-state index contributed by atoms with van der Waals surface area (Å²) < 4.78 is 29.9. The predicted molar refractivity (Wildman–Crippen MR) is 105 cm³/mol. The summed E-state index contributed by atoms with van der Waals surface area (Å²) in [6.07, 6.45) is 0.592. The van der Waals surface area contributed by atoms with Crippen LogP contribution < -0.4 is 5.32 Å². The summed E-state index contributed by atoms with van der Waals surface area (Å²) in [6, 6.07) is 7.15. The lowest BCUT2D eigenvalue weighted by atomic mass is 10.0. The van der Waals surface area contributed by atoms with E-state index in [0.717, 1.165) is 5.56 Å². The van der Waals surface area contributed by atoms with Crippen molar-refractivity contribution in [2.24, 2.45) is 0 Å². The van der Waals surface area contributed by atoms with Crippen molar-refractivity contribution in [2.75, 3.05) is 18.2 Å². The van der Waals surface area contributed by atoms with Crippen LogP contribution in [0.25, 0.3) is 16.9 Å². The maximum Gasteiger partial charge on any atom is 0.411 e. The molecule has 148 valence electrons. The van der Waals surface area contributed by atoms with Crippen LogP contribution >= 0.6 is 0 Å². The van der Waals surface area contributed by atoms with Gasteiger partial charge >= 0.3 is 6.09 Å². The minimum atomic E-state index is -3.18. The predicted octanol–water partition coefficient (Wildman–Crippen LogP) is 2.52. The molecular weight excluding hydrogens is 382 g/mol. The molecule has 0 saturated heterocycles. The number of nitrogens with one attached hydrogen (secondary N) is 1. The molecule has 10 heteroatoms. The number of rotatable bonds is 5. The Labute approximate surface area is 162 Å². The summed E-state index contributed by atoms with van der Waals surface area (Å²) in [5.74, 6) is 0.487. The lowest BCUT2D eigenvalue weighted by molar-refractivity contribution is 0.168. The van der Waals surface area contributed by atoms with E-state index in [1.807, 2.05) is 19.1 Å². The zero-order chi connectivity index (χ0) is 20.5. The van der Waals surface area contributed by atoms with Crippen LogP contribution in [-0.4, -0.2) is 47.2 Å². The van der Waals surface area contributed by atoms with Gasteiger partial charge in [-0.3, -0.25) is 5.32 Å². The Hall–Kier alpha value is -3.01. The average molecular weight is 403 g/mol. The van der Waals surface area contributed by atoms with Crippen LogP contribution in [0.5, 0.6) is 0 Å². The maximum absolute atomic E-state index is 11.9. The molecule has 0 aliphatic rings. The van der Waals surface area contributed by atoms with Crippen LogP contribution in [-0.2, 0) is 20.3 Å². The maximum atomic E-state index is 11.9. The fourth-order valence-electron chi connectivity index (χ4n) is 2.76. The van der Waals surface area contributed by atoms with Crippen molar-refractivity contribution in [1.29, 1.82) is 0 Å². The number of hydrogen-bond acceptors (Lipinski definition) is 7. The van der Waals surface area contributed by atoms with Gasteiger partial charge in [0.15, 0.2) is 15.7 Å². The van der Waals surface area contributed by atoms with Gasteiger partial charge < -0.3 is 4.74 Å². The molecule has 0 spiro atoms. The van der Waals surface area contributed by atoms with E-state index in [0.29, 0.717) is 34.0 Å². The van der Waals surface area contributed by atoms with E-state index < -0.39 is 15.9 Å². The van der Waals surface area contributed by atoms with E-state index in [1.54, 1.807) is 26.0 Å². The zero-order valence-electron chi connectivity index (χ0n) is 16.1. The first-order valence-corrected chi connectivity index (χ1v) is 10.7. The van der Waals surface area contributed by atoms with Gasteiger partial charge in [-0.05, 0) is 44.0 Å². The molecule has 0 aliphatic heterocycles. The second kappa shape index (κ2) is 7.55. The lowest BCUT2D eigenvalue weighted by Crippen LogP contribution is -2.15. The smallest absolute Gasteiger partial charge is 0.411 e. The molecule has 0 fully saturated rings. The van der Waals surface area contributed by atoms with Gasteiger partial charge in [0.1, 0.15) is 0 Å². The second-order valence-electron chi connectivity index (χ2n) is 6.48. The summed E-state index contributed by atoms with van der Waals surface area (Å²) in [5, 5.41) is 15.2. The lowest BCUT2D eigenvalue weighted by Gasteiger charge is -2.11. The van der Waals surface area contributed by atoms with E-state index >= 15 is 0 Å². The molecule has 2 aromatic heterocycles. The molecule has 28 heavy (non-hydrogen) atoms. The van der Waals surface area contributed by atoms with Gasteiger partial charge in [0.2, 0.25) is 5.65 Å². The Kier molecular flexibility index (Phi) is 5.32. The Balaban J connectivity index is 2.11. The van der Waals surface area contributed by atoms with Crippen LogP contribution in [0.1, 0.15) is 23.9 Å². The fraction of sp³-hybridized carbons (Fsp3) is 0.333. The molecule has 1 amide bonds. The number of benzene rings is 1. The number of hydrogen-bond donors (Lipinski definition) is 1. The molecule has 9 nitrogen and oxygen atoms in total. The van der Waals surface area contributed by atoms with Crippen molar-refractivity contribution in [3.63, 3.8) is 0 Å². The van der Waals surface area contributed by atoms with Crippen molar-refractivity contribution in [3.05, 3.63) is 41.2 Å². The highest BCUT2D eigenvalue weighted by Gasteiger charge is 2.16. The average Bonchev–Trinajstić information content (AvgIpc) is 2.97. The molecule has 1 aromatic carbocycles. The first-order valence-electron chi connectivity index (χ1n) is 8.62. The fourth-order valence-corrected chi connectivity index (χ4v) is 3.64. The van der Waals surface area contributed by atoms with Crippen LogP contribution in [0.2, 0.25) is 0 Å². The third kappa shape index (κ3) is 4.28. The molecule has 3 rings (SSSR count). The van der Waals surface area contributed by atoms with Crippen molar-refractivity contribution in [3.8, 4) is 11.3 Å². The van der Waals surface area contributed by atoms with E-state index in [1.165, 1.54) is 10.8 Å². The number of nitrogens with zero attached hydrogens (tertiary/aromatic N) is 4. The number of sulfone groups is 1. The molecule has 0 unspecified atom stereocenters. The summed E-state index contributed by atoms with van der Waals surface area (Å²) in [5.41, 5.74) is 3.61. The van der Waals surface area contributed by atoms with Gasteiger partial charge in [-0.25, -0.2) is 13.2 Å². The molecule has 0 atom stereocenters. The minimum absolute atomic E-state index is 0.0610. The van der Waals surface area contributed by atoms with Crippen molar-refractivity contribution < 1.29 is 17.9 Å². The first-order chi connectivity index (χ1) is 13.2. The Morgan fingerprint density at radius 1 is 1.21 bits per heavy atom. The molecule has 2 heterocycles. The van der Waals surface area contributed by atoms with E-state index in [-0.39, 0.29) is 12.4 Å². The topological polar surface area (TPSA) is 116 Å². The zero-order valence-corrected chi connectivity index (χ0v) is 16.9. The first kappa shape index (κ1) is 19.7. The number of carbonyl (C=O) groups is 1. The van der Waals surface area contributed by atoms with Crippen molar-refractivity contribution in [1.82, 2.24) is 19.8 Å². The highest BCUT2D eigenvalue weighted by atomic mass is 32.2. The number of aromatic nitrogens is 4. The molecule has 0 radical (unpaired) electrons. The SMILES string of the molecule is CCOC(=O)Nc1cc(-c2ccc(C)c(CS(C)(=O)=O)c2)nn2c(C)nnc12. The van der Waals surface area contributed by atoms with Gasteiger partial charge in [0.25, 0.3) is 0 Å². The van der Waals surface area contributed by atoms with Crippen molar-refractivity contribution >= 4 is 27.3 Å². The molecule has 1 N–H and O–H groups in total. The van der Waals surface area contributed by atoms with Gasteiger partial charge in [0.05, 0.1) is 23.7 Å². The molecule has 0 aliphatic carbocycles. The normalized spacial score (nSPS) is 11.6. The van der Waals surface area contributed by atoms with E-state index in [9.17, 15) is 13.2 Å². The third-order valence-electron chi connectivity index (χ3n) is 4.10. The third-order valence-corrected chi connectivity index (χ3v) is 4.94. The van der Waals surface area contributed by atoms with Gasteiger partial charge in [-0.1, -0.05) is 12.1 Å². The number of ether oxygens (including phenoxy) is 1. The van der Waals surface area contributed by atoms with Gasteiger partial charge in [-0.2, -0.15) is 9.61 Å². The highest BCUT2D eigenvalue weighted by Crippen LogP contribution is 2.26. The van der Waals surface area contributed by atoms with Crippen LogP contribution in [0.4, 0.5) is 10.5 Å². The number of aryl methyl sites for hydroxylation is 2. The highest BCUT2D eigenvalue weighted by molar-refractivity contribution is 7.89. The molecule has 0 saturated carbocycles. The second-order valence-corrected chi connectivity index (χ2v) is 8.62. The number of fused-ring (bicyclic) bond motifs is 1. The molecule has 0 bridgehead atoms. The number of carbonyl (C=O) groups excluding carboxylic acids is 1. The van der Waals surface area contributed by atoms with Gasteiger partial charge in [0, 0.05) is 11.8 Å². The van der Waals surface area contributed by atoms with Crippen molar-refractivity contribution in [2.45, 2.75) is 26.5 Å². The summed E-state index contributed by atoms with van der Waals surface area (Å²) >= 11 is 0. The Morgan fingerprint density at radius 3 is 2.64 bits per heavy atom. The van der Waals surface area contributed by atoms with Gasteiger partial charge in [-0.15, -0.1) is 10.2 Å². The standard InChI is InChI=1S/C18H21N5O4S/c1-5-27-18(24)19-16-9-15(22-23-12(3)20-21-17(16)23)13-7-6-11(2)14(8-13)10-28(4,25)26/h6-9H,5,10H2,1-4H3,(H,19,24). The number of amides is 1. The Bertz CT molecular complexity index is 1150. The van der Waals surface area contributed by atoms with E-state index in [4.69, 9.17) is 4.74 Å². The van der Waals surface area contributed by atoms with Crippen LogP contribution in [0, 0.1) is 13.8 Å². The van der Waals surface area contributed by atoms with Crippen LogP contribution in [0.3, 0.4) is 0 Å². The summed E-state index contributed by atoms with van der Waals surface area (Å²) in [7, 11) is -3.18.